The predicted molar refractivity (Wildman–Crippen MR) is 132 cm³/mol. The van der Waals surface area contributed by atoms with E-state index in [2.05, 4.69) is 70.3 Å². The lowest BCUT2D eigenvalue weighted by Gasteiger charge is -2.40. The van der Waals surface area contributed by atoms with Gasteiger partial charge in [-0.1, -0.05) is 43.3 Å². The summed E-state index contributed by atoms with van der Waals surface area (Å²) in [5, 5.41) is 3.47. The van der Waals surface area contributed by atoms with Gasteiger partial charge in [0.25, 0.3) is 0 Å². The molecule has 1 aliphatic heterocycles. The second-order valence-corrected chi connectivity index (χ2v) is 7.16. The van der Waals surface area contributed by atoms with Gasteiger partial charge in [0.1, 0.15) is 0 Å². The zero-order valence-electron chi connectivity index (χ0n) is 17.6. The van der Waals surface area contributed by atoms with Crippen molar-refractivity contribution in [2.45, 2.75) is 32.7 Å². The smallest absolute Gasteiger partial charge is 0.194 e. The van der Waals surface area contributed by atoms with Crippen LogP contribution >= 0.6 is 24.0 Å². The number of pyridine rings is 1. The molecule has 0 spiro atoms. The molecular formula is C23H34IN5. The van der Waals surface area contributed by atoms with E-state index in [9.17, 15) is 0 Å². The Morgan fingerprint density at radius 1 is 1.03 bits per heavy atom. The monoisotopic (exact) mass is 507 g/mol. The molecule has 0 bridgehead atoms. The molecule has 0 saturated carbocycles. The molecule has 2 aromatic rings. The summed E-state index contributed by atoms with van der Waals surface area (Å²) in [6.07, 6.45) is 3.87. The van der Waals surface area contributed by atoms with Gasteiger partial charge in [-0.3, -0.25) is 14.9 Å². The molecule has 6 heteroatoms. The first-order chi connectivity index (χ1) is 13.8. The topological polar surface area (TPSA) is 43.8 Å². The molecule has 5 nitrogen and oxygen atoms in total. The summed E-state index contributed by atoms with van der Waals surface area (Å²) < 4.78 is 0. The Balaban J connectivity index is 0.00000300. The molecule has 0 aliphatic carbocycles. The number of halogens is 1. The predicted octanol–water partition coefficient (Wildman–Crippen LogP) is 3.98. The van der Waals surface area contributed by atoms with E-state index in [0.717, 1.165) is 63.8 Å². The number of hydrogen-bond acceptors (Lipinski definition) is 3. The maximum atomic E-state index is 4.85. The van der Waals surface area contributed by atoms with Crippen molar-refractivity contribution in [3.05, 3.63) is 66.0 Å². The van der Waals surface area contributed by atoms with E-state index in [1.807, 2.05) is 18.3 Å². The van der Waals surface area contributed by atoms with Crippen molar-refractivity contribution in [3.8, 4) is 0 Å². The molecule has 0 amide bonds. The van der Waals surface area contributed by atoms with E-state index < -0.39 is 0 Å². The number of hydrogen-bond donors (Lipinski definition) is 1. The Morgan fingerprint density at radius 2 is 1.76 bits per heavy atom. The van der Waals surface area contributed by atoms with Crippen LogP contribution < -0.4 is 5.32 Å². The molecule has 1 saturated heterocycles. The number of rotatable bonds is 7. The van der Waals surface area contributed by atoms with Gasteiger partial charge in [0.2, 0.25) is 0 Å². The van der Waals surface area contributed by atoms with Crippen molar-refractivity contribution in [2.24, 2.45) is 4.99 Å². The SMILES string of the molecule is CCNC(=NCCc1ccccn1)N1CCN(C(CC)c2ccccc2)CC1.I. The molecule has 1 aromatic carbocycles. The highest BCUT2D eigenvalue weighted by Gasteiger charge is 2.25. The van der Waals surface area contributed by atoms with Crippen LogP contribution in [0, 0.1) is 0 Å². The van der Waals surface area contributed by atoms with E-state index in [1.54, 1.807) is 0 Å². The maximum Gasteiger partial charge on any atom is 0.194 e. The summed E-state index contributed by atoms with van der Waals surface area (Å²) in [7, 11) is 0. The largest absolute Gasteiger partial charge is 0.357 e. The van der Waals surface area contributed by atoms with Crippen LogP contribution in [0.1, 0.15) is 37.6 Å². The van der Waals surface area contributed by atoms with Crippen LogP contribution in [0.4, 0.5) is 0 Å². The van der Waals surface area contributed by atoms with Crippen LogP contribution in [0.5, 0.6) is 0 Å². The highest BCUT2D eigenvalue weighted by molar-refractivity contribution is 14.0. The van der Waals surface area contributed by atoms with Crippen LogP contribution in [-0.4, -0.2) is 60.0 Å². The fourth-order valence-corrected chi connectivity index (χ4v) is 3.87. The Bertz CT molecular complexity index is 715. The first-order valence-electron chi connectivity index (χ1n) is 10.5. The molecule has 1 aliphatic rings. The molecule has 29 heavy (non-hydrogen) atoms. The summed E-state index contributed by atoms with van der Waals surface area (Å²) >= 11 is 0. The fourth-order valence-electron chi connectivity index (χ4n) is 3.87. The van der Waals surface area contributed by atoms with E-state index in [-0.39, 0.29) is 24.0 Å². The molecule has 1 fully saturated rings. The molecule has 158 valence electrons. The molecule has 1 N–H and O–H groups in total. The Labute approximate surface area is 192 Å². The molecule has 1 unspecified atom stereocenters. The van der Waals surface area contributed by atoms with Crippen LogP contribution in [0.15, 0.2) is 59.7 Å². The van der Waals surface area contributed by atoms with Crippen molar-refractivity contribution in [1.82, 2.24) is 20.1 Å². The van der Waals surface area contributed by atoms with Crippen molar-refractivity contribution in [1.29, 1.82) is 0 Å². The third-order valence-corrected chi connectivity index (χ3v) is 5.32. The highest BCUT2D eigenvalue weighted by Crippen LogP contribution is 2.25. The molecule has 1 aromatic heterocycles. The number of piperazine rings is 1. The molecule has 1 atom stereocenters. The van der Waals surface area contributed by atoms with Crippen LogP contribution in [0.3, 0.4) is 0 Å². The second kappa shape index (κ2) is 12.8. The second-order valence-electron chi connectivity index (χ2n) is 7.16. The molecule has 2 heterocycles. The summed E-state index contributed by atoms with van der Waals surface area (Å²) in [6, 6.07) is 17.5. The summed E-state index contributed by atoms with van der Waals surface area (Å²) in [6.45, 7) is 10.2. The lowest BCUT2D eigenvalue weighted by atomic mass is 10.0. The number of aliphatic imine (C=N–C) groups is 1. The van der Waals surface area contributed by atoms with Gasteiger partial charge in [-0.25, -0.2) is 0 Å². The minimum atomic E-state index is 0. The number of benzene rings is 1. The van der Waals surface area contributed by atoms with Gasteiger partial charge < -0.3 is 10.2 Å². The van der Waals surface area contributed by atoms with Crippen LogP contribution in [-0.2, 0) is 6.42 Å². The minimum Gasteiger partial charge on any atom is -0.357 e. The summed E-state index contributed by atoms with van der Waals surface area (Å²) in [4.78, 5) is 14.3. The number of nitrogens with zero attached hydrogens (tertiary/aromatic N) is 4. The lowest BCUT2D eigenvalue weighted by molar-refractivity contribution is 0.127. The first-order valence-corrected chi connectivity index (χ1v) is 10.5. The van der Waals surface area contributed by atoms with E-state index in [1.165, 1.54) is 5.56 Å². The first kappa shape index (κ1) is 23.6. The number of guanidine groups is 1. The van der Waals surface area contributed by atoms with Crippen LogP contribution in [0.25, 0.3) is 0 Å². The Morgan fingerprint density at radius 3 is 2.38 bits per heavy atom. The maximum absolute atomic E-state index is 4.85. The zero-order chi connectivity index (χ0) is 19.6. The Hall–Kier alpha value is -1.67. The van der Waals surface area contributed by atoms with Gasteiger partial charge in [0, 0.05) is 63.6 Å². The molecular weight excluding hydrogens is 473 g/mol. The highest BCUT2D eigenvalue weighted by atomic mass is 127. The van der Waals surface area contributed by atoms with Gasteiger partial charge in [-0.2, -0.15) is 0 Å². The number of nitrogens with one attached hydrogen (secondary N) is 1. The third-order valence-electron chi connectivity index (χ3n) is 5.32. The normalized spacial score (nSPS) is 16.2. The van der Waals surface area contributed by atoms with Crippen molar-refractivity contribution in [3.63, 3.8) is 0 Å². The van der Waals surface area contributed by atoms with Gasteiger partial charge in [-0.15, -0.1) is 24.0 Å². The minimum absolute atomic E-state index is 0. The van der Waals surface area contributed by atoms with Gasteiger partial charge in [0.15, 0.2) is 5.96 Å². The quantitative estimate of drug-likeness (QED) is 0.350. The Kier molecular flexibility index (Phi) is 10.4. The van der Waals surface area contributed by atoms with E-state index in [0.29, 0.717) is 6.04 Å². The standard InChI is InChI=1S/C23H33N5.HI/c1-3-22(20-10-6-5-7-11-20)27-16-18-28(19-17-27)23(24-4-2)26-15-13-21-12-8-9-14-25-21;/h5-12,14,22H,3-4,13,15-19H2,1-2H3,(H,24,26);1H. The van der Waals surface area contributed by atoms with E-state index in [4.69, 9.17) is 4.99 Å². The molecule has 3 rings (SSSR count). The average molecular weight is 507 g/mol. The molecule has 0 radical (unpaired) electrons. The zero-order valence-corrected chi connectivity index (χ0v) is 20.0. The summed E-state index contributed by atoms with van der Waals surface area (Å²) in [5.74, 6) is 1.03. The van der Waals surface area contributed by atoms with Crippen molar-refractivity contribution < 1.29 is 0 Å². The van der Waals surface area contributed by atoms with Crippen LogP contribution in [0.2, 0.25) is 0 Å². The van der Waals surface area contributed by atoms with E-state index >= 15 is 0 Å². The fraction of sp³-hybridized carbons (Fsp3) is 0.478. The van der Waals surface area contributed by atoms with Crippen molar-refractivity contribution in [2.75, 3.05) is 39.3 Å². The van der Waals surface area contributed by atoms with Crippen molar-refractivity contribution >= 4 is 29.9 Å². The number of aromatic nitrogens is 1. The lowest BCUT2D eigenvalue weighted by Crippen LogP contribution is -2.53. The van der Waals surface area contributed by atoms with Gasteiger partial charge in [0.05, 0.1) is 0 Å². The third kappa shape index (κ3) is 6.96. The van der Waals surface area contributed by atoms with Gasteiger partial charge in [-0.05, 0) is 31.0 Å². The average Bonchev–Trinajstić information content (AvgIpc) is 2.76. The summed E-state index contributed by atoms with van der Waals surface area (Å²) in [5.41, 5.74) is 2.52. The van der Waals surface area contributed by atoms with Gasteiger partial charge >= 0.3 is 0 Å².